The Labute approximate surface area is 168 Å². The monoisotopic (exact) mass is 380 g/mol. The van der Waals surface area contributed by atoms with Crippen LogP contribution in [0, 0.1) is 0 Å². The number of hydrogen-bond acceptors (Lipinski definition) is 3. The number of aryl methyl sites for hydroxylation is 1. The first-order valence-electron chi connectivity index (χ1n) is 10.2. The minimum absolute atomic E-state index is 0.710. The maximum absolute atomic E-state index is 3.70. The van der Waals surface area contributed by atoms with Crippen LogP contribution in [0.1, 0.15) is 38.2 Å². The van der Waals surface area contributed by atoms with Gasteiger partial charge in [0.1, 0.15) is 0 Å². The first-order valence-corrected chi connectivity index (χ1v) is 11.0. The number of piperidine rings is 1. The fraction of sp³-hybridized carbons (Fsp3) is 0.417. The van der Waals surface area contributed by atoms with Crippen molar-refractivity contribution in [2.45, 2.75) is 54.9 Å². The van der Waals surface area contributed by atoms with Gasteiger partial charge in [0, 0.05) is 15.8 Å². The molecule has 27 heavy (non-hydrogen) atoms. The van der Waals surface area contributed by atoms with Crippen molar-refractivity contribution < 1.29 is 0 Å². The van der Waals surface area contributed by atoms with Gasteiger partial charge in [0.15, 0.2) is 0 Å². The summed E-state index contributed by atoms with van der Waals surface area (Å²) in [5.41, 5.74) is 2.95. The molecule has 0 aromatic heterocycles. The summed E-state index contributed by atoms with van der Waals surface area (Å²) in [6, 6.07) is 20.2. The summed E-state index contributed by atoms with van der Waals surface area (Å²) in [5, 5.41) is 7.12. The first-order chi connectivity index (χ1) is 13.3. The zero-order valence-electron chi connectivity index (χ0n) is 16.4. The van der Waals surface area contributed by atoms with Gasteiger partial charge in [0.2, 0.25) is 0 Å². The lowest BCUT2D eigenvalue weighted by Gasteiger charge is -2.23. The third kappa shape index (κ3) is 7.17. The summed E-state index contributed by atoms with van der Waals surface area (Å²) in [4.78, 5) is 2.69. The fourth-order valence-corrected chi connectivity index (χ4v) is 4.49. The molecule has 1 saturated heterocycles. The van der Waals surface area contributed by atoms with Crippen LogP contribution in [0.25, 0.3) is 0 Å². The molecule has 3 rings (SSSR count). The number of nitrogens with one attached hydrogen (secondary N) is 2. The highest BCUT2D eigenvalue weighted by molar-refractivity contribution is 7.99. The van der Waals surface area contributed by atoms with Gasteiger partial charge in [-0.15, -0.1) is 0 Å². The van der Waals surface area contributed by atoms with E-state index in [-0.39, 0.29) is 0 Å². The Balaban J connectivity index is 1.44. The molecular weight excluding hydrogens is 348 g/mol. The molecule has 1 fully saturated rings. The Hall–Kier alpha value is -1.55. The van der Waals surface area contributed by atoms with E-state index < -0.39 is 0 Å². The van der Waals surface area contributed by atoms with Gasteiger partial charge in [0.05, 0.1) is 0 Å². The Bertz CT molecular complexity index is 705. The van der Waals surface area contributed by atoms with Crippen LogP contribution in [0.4, 0.5) is 0 Å². The number of hydrogen-bond donors (Lipinski definition) is 2. The highest BCUT2D eigenvalue weighted by atomic mass is 32.2. The Morgan fingerprint density at radius 3 is 2.63 bits per heavy atom. The van der Waals surface area contributed by atoms with E-state index in [9.17, 15) is 0 Å². The number of benzene rings is 2. The molecule has 0 spiro atoms. The predicted molar refractivity (Wildman–Crippen MR) is 118 cm³/mol. The zero-order chi connectivity index (χ0) is 18.7. The average Bonchev–Trinajstić information content (AvgIpc) is 2.72. The summed E-state index contributed by atoms with van der Waals surface area (Å²) >= 11 is 1.87. The molecule has 144 valence electrons. The van der Waals surface area contributed by atoms with Gasteiger partial charge in [-0.3, -0.25) is 0 Å². The van der Waals surface area contributed by atoms with Crippen LogP contribution in [-0.4, -0.2) is 25.7 Å². The maximum Gasteiger partial charge on any atom is 0.0154 e. The van der Waals surface area contributed by atoms with E-state index in [1.165, 1.54) is 33.8 Å². The van der Waals surface area contributed by atoms with Gasteiger partial charge in [-0.1, -0.05) is 59.8 Å². The van der Waals surface area contributed by atoms with Crippen molar-refractivity contribution in [2.75, 3.05) is 19.6 Å². The SMILES string of the molecule is CC(=CCCNC1CCNCC1)CCc1ccccc1Sc1ccccc1. The van der Waals surface area contributed by atoms with E-state index in [0.29, 0.717) is 6.04 Å². The van der Waals surface area contributed by atoms with E-state index >= 15 is 0 Å². The smallest absolute Gasteiger partial charge is 0.0154 e. The van der Waals surface area contributed by atoms with Crippen LogP contribution < -0.4 is 10.6 Å². The molecule has 2 N–H and O–H groups in total. The van der Waals surface area contributed by atoms with Crippen molar-refractivity contribution in [1.29, 1.82) is 0 Å². The minimum atomic E-state index is 0.710. The second-order valence-corrected chi connectivity index (χ2v) is 8.46. The van der Waals surface area contributed by atoms with E-state index in [1.807, 2.05) is 11.8 Å². The second-order valence-electron chi connectivity index (χ2n) is 7.34. The topological polar surface area (TPSA) is 24.1 Å². The van der Waals surface area contributed by atoms with Crippen molar-refractivity contribution in [2.24, 2.45) is 0 Å². The highest BCUT2D eigenvalue weighted by Gasteiger charge is 2.10. The van der Waals surface area contributed by atoms with Gasteiger partial charge in [-0.05, 0) is 82.4 Å². The second kappa shape index (κ2) is 11.3. The molecule has 1 heterocycles. The van der Waals surface area contributed by atoms with E-state index in [2.05, 4.69) is 78.2 Å². The normalized spacial score (nSPS) is 15.8. The van der Waals surface area contributed by atoms with Gasteiger partial charge < -0.3 is 10.6 Å². The van der Waals surface area contributed by atoms with Crippen LogP contribution in [0.2, 0.25) is 0 Å². The molecule has 0 amide bonds. The van der Waals surface area contributed by atoms with Crippen molar-refractivity contribution in [3.05, 3.63) is 71.8 Å². The maximum atomic E-state index is 3.70. The Kier molecular flexibility index (Phi) is 8.47. The Morgan fingerprint density at radius 2 is 1.81 bits per heavy atom. The van der Waals surface area contributed by atoms with Crippen LogP contribution in [0.3, 0.4) is 0 Å². The van der Waals surface area contributed by atoms with Gasteiger partial charge >= 0.3 is 0 Å². The van der Waals surface area contributed by atoms with Crippen molar-refractivity contribution >= 4 is 11.8 Å². The molecule has 2 aromatic rings. The van der Waals surface area contributed by atoms with Crippen molar-refractivity contribution in [3.8, 4) is 0 Å². The van der Waals surface area contributed by atoms with Crippen molar-refractivity contribution in [1.82, 2.24) is 10.6 Å². The molecule has 0 radical (unpaired) electrons. The van der Waals surface area contributed by atoms with E-state index in [0.717, 1.165) is 38.9 Å². The van der Waals surface area contributed by atoms with Crippen molar-refractivity contribution in [3.63, 3.8) is 0 Å². The molecule has 0 unspecified atom stereocenters. The van der Waals surface area contributed by atoms with Crippen LogP contribution in [0.5, 0.6) is 0 Å². The molecule has 3 heteroatoms. The van der Waals surface area contributed by atoms with Crippen LogP contribution in [0.15, 0.2) is 76.0 Å². The molecule has 1 aliphatic rings. The van der Waals surface area contributed by atoms with Gasteiger partial charge in [-0.2, -0.15) is 0 Å². The van der Waals surface area contributed by atoms with Gasteiger partial charge in [0.25, 0.3) is 0 Å². The molecular formula is C24H32N2S. The number of rotatable bonds is 9. The van der Waals surface area contributed by atoms with E-state index in [1.54, 1.807) is 0 Å². The summed E-state index contributed by atoms with van der Waals surface area (Å²) in [7, 11) is 0. The lowest BCUT2D eigenvalue weighted by atomic mass is 10.0. The third-order valence-electron chi connectivity index (χ3n) is 5.14. The molecule has 0 bridgehead atoms. The molecule has 0 aliphatic carbocycles. The molecule has 2 aromatic carbocycles. The molecule has 0 atom stereocenters. The fourth-order valence-electron chi connectivity index (χ4n) is 3.49. The summed E-state index contributed by atoms with van der Waals surface area (Å²) in [6.45, 7) is 5.69. The van der Waals surface area contributed by atoms with Crippen LogP contribution in [-0.2, 0) is 6.42 Å². The zero-order valence-corrected chi connectivity index (χ0v) is 17.2. The third-order valence-corrected chi connectivity index (χ3v) is 6.27. The summed E-state index contributed by atoms with van der Waals surface area (Å²) < 4.78 is 0. The van der Waals surface area contributed by atoms with E-state index in [4.69, 9.17) is 0 Å². The molecule has 1 aliphatic heterocycles. The predicted octanol–water partition coefficient (Wildman–Crippen LogP) is 5.45. The number of allylic oxidation sites excluding steroid dienone is 1. The summed E-state index contributed by atoms with van der Waals surface area (Å²) in [5.74, 6) is 0. The highest BCUT2D eigenvalue weighted by Crippen LogP contribution is 2.31. The molecule has 2 nitrogen and oxygen atoms in total. The quantitative estimate of drug-likeness (QED) is 0.447. The van der Waals surface area contributed by atoms with Crippen LogP contribution >= 0.6 is 11.8 Å². The molecule has 0 saturated carbocycles. The minimum Gasteiger partial charge on any atom is -0.317 e. The largest absolute Gasteiger partial charge is 0.317 e. The lowest BCUT2D eigenvalue weighted by molar-refractivity contribution is 0.390. The van der Waals surface area contributed by atoms with Gasteiger partial charge in [-0.25, -0.2) is 0 Å². The Morgan fingerprint density at radius 1 is 1.07 bits per heavy atom. The summed E-state index contributed by atoms with van der Waals surface area (Å²) in [6.07, 6.45) is 8.33. The lowest BCUT2D eigenvalue weighted by Crippen LogP contribution is -2.40. The first kappa shape index (κ1) is 20.2. The average molecular weight is 381 g/mol. The standard InChI is InChI=1S/C24H32N2S/c1-20(8-7-17-26-22-15-18-25-19-16-22)13-14-21-9-5-6-12-24(21)27-23-10-3-2-4-11-23/h2-6,8-12,22,25-26H,7,13-19H2,1H3.